The van der Waals surface area contributed by atoms with Crippen LogP contribution in [-0.4, -0.2) is 25.2 Å². The summed E-state index contributed by atoms with van der Waals surface area (Å²) in [6.45, 7) is 2.37. The number of halogens is 1. The van der Waals surface area contributed by atoms with Gasteiger partial charge in [-0.1, -0.05) is 12.1 Å². The van der Waals surface area contributed by atoms with Crippen molar-refractivity contribution >= 4 is 25.8 Å². The molecule has 0 N–H and O–H groups in total. The van der Waals surface area contributed by atoms with Crippen LogP contribution in [0, 0.1) is 0 Å². The fourth-order valence-corrected chi connectivity index (χ4v) is 3.24. The topological polar surface area (TPSA) is 63.7 Å². The van der Waals surface area contributed by atoms with Crippen molar-refractivity contribution in [2.45, 2.75) is 19.4 Å². The van der Waals surface area contributed by atoms with Gasteiger partial charge in [-0.15, -0.1) is 0 Å². The molecule has 0 aromatic heterocycles. The summed E-state index contributed by atoms with van der Waals surface area (Å²) in [4.78, 5) is 11.3. The first-order valence-corrected chi connectivity index (χ1v) is 7.69. The molecule has 0 radical (unpaired) electrons. The minimum atomic E-state index is -4.02. The van der Waals surface area contributed by atoms with E-state index < -0.39 is 21.2 Å². The van der Waals surface area contributed by atoms with E-state index in [1.165, 1.54) is 0 Å². The Hall–Kier alpha value is -1.27. The van der Waals surface area contributed by atoms with Crippen LogP contribution in [0.5, 0.6) is 5.75 Å². The Labute approximate surface area is 110 Å². The third-order valence-corrected chi connectivity index (χ3v) is 4.06. The van der Waals surface area contributed by atoms with Crippen molar-refractivity contribution < 1.29 is 17.9 Å². The van der Waals surface area contributed by atoms with Crippen LogP contribution >= 0.6 is 10.7 Å². The van der Waals surface area contributed by atoms with Crippen molar-refractivity contribution in [3.63, 3.8) is 0 Å². The smallest absolute Gasteiger partial charge is 0.324 e. The summed E-state index contributed by atoms with van der Waals surface area (Å²) < 4.78 is 28.5. The molecule has 1 aromatic carbocycles. The van der Waals surface area contributed by atoms with Gasteiger partial charge in [0.2, 0.25) is 5.91 Å². The molecule has 7 heteroatoms. The van der Waals surface area contributed by atoms with Gasteiger partial charge in [-0.25, -0.2) is 4.31 Å². The van der Waals surface area contributed by atoms with Crippen molar-refractivity contribution in [1.82, 2.24) is 4.31 Å². The third kappa shape index (κ3) is 2.44. The highest BCUT2D eigenvalue weighted by Crippen LogP contribution is 2.39. The number of nitrogens with zero attached hydrogens (tertiary/aromatic N) is 1. The maximum atomic E-state index is 11.3. The lowest BCUT2D eigenvalue weighted by Gasteiger charge is -2.37. The Morgan fingerprint density at radius 1 is 1.50 bits per heavy atom. The molecule has 98 valence electrons. The largest absolute Gasteiger partial charge is 0.494 e. The Bertz CT molecular complexity index is 572. The lowest BCUT2D eigenvalue weighted by Crippen LogP contribution is -2.47. The predicted octanol–water partition coefficient (Wildman–Crippen LogP) is 1.84. The van der Waals surface area contributed by atoms with Crippen molar-refractivity contribution in [1.29, 1.82) is 0 Å². The average Bonchev–Trinajstić information content (AvgIpc) is 2.24. The highest BCUT2D eigenvalue weighted by Gasteiger charge is 2.44. The summed E-state index contributed by atoms with van der Waals surface area (Å²) in [6.07, 6.45) is 0.140. The summed E-state index contributed by atoms with van der Waals surface area (Å²) in [7, 11) is 1.20. The second kappa shape index (κ2) is 4.78. The average molecular weight is 290 g/mol. The monoisotopic (exact) mass is 289 g/mol. The molecule has 1 heterocycles. The van der Waals surface area contributed by atoms with Crippen molar-refractivity contribution in [3.8, 4) is 5.75 Å². The summed E-state index contributed by atoms with van der Waals surface area (Å²) in [5.41, 5.74) is 0.699. The molecule has 18 heavy (non-hydrogen) atoms. The van der Waals surface area contributed by atoms with Gasteiger partial charge in [0.1, 0.15) is 5.75 Å². The Kier molecular flexibility index (Phi) is 3.49. The zero-order chi connectivity index (χ0) is 13.3. The molecule has 1 aliphatic heterocycles. The van der Waals surface area contributed by atoms with Gasteiger partial charge in [-0.05, 0) is 24.6 Å². The zero-order valence-electron chi connectivity index (χ0n) is 9.67. The van der Waals surface area contributed by atoms with Crippen LogP contribution in [0.15, 0.2) is 24.3 Å². The second-order valence-corrected chi connectivity index (χ2v) is 6.24. The molecule has 1 fully saturated rings. The highest BCUT2D eigenvalue weighted by molar-refractivity contribution is 8.12. The van der Waals surface area contributed by atoms with Crippen LogP contribution in [0.3, 0.4) is 0 Å². The molecule has 1 saturated heterocycles. The molecule has 5 nitrogen and oxygen atoms in total. The first kappa shape index (κ1) is 13.2. The maximum absolute atomic E-state index is 11.3. The minimum Gasteiger partial charge on any atom is -0.494 e. The normalized spacial score (nSPS) is 19.6. The van der Waals surface area contributed by atoms with Gasteiger partial charge < -0.3 is 4.74 Å². The minimum absolute atomic E-state index is 0.140. The molecular weight excluding hydrogens is 278 g/mol. The molecule has 1 aromatic rings. The van der Waals surface area contributed by atoms with E-state index in [9.17, 15) is 13.2 Å². The van der Waals surface area contributed by atoms with Crippen molar-refractivity contribution in [2.24, 2.45) is 0 Å². The summed E-state index contributed by atoms with van der Waals surface area (Å²) >= 11 is 0. The van der Waals surface area contributed by atoms with Gasteiger partial charge in [-0.2, -0.15) is 8.42 Å². The Balaban J connectivity index is 2.27. The number of benzene rings is 1. The van der Waals surface area contributed by atoms with E-state index in [0.29, 0.717) is 22.2 Å². The first-order valence-electron chi connectivity index (χ1n) is 5.43. The quantitative estimate of drug-likeness (QED) is 0.627. The number of hydrogen-bond acceptors (Lipinski definition) is 4. The molecule has 1 unspecified atom stereocenters. The number of β-lactam (4-membered cyclic amide) rings is 1. The summed E-state index contributed by atoms with van der Waals surface area (Å²) in [5, 5.41) is 0. The van der Waals surface area contributed by atoms with Gasteiger partial charge >= 0.3 is 9.24 Å². The van der Waals surface area contributed by atoms with Gasteiger partial charge in [0.05, 0.1) is 19.1 Å². The van der Waals surface area contributed by atoms with E-state index >= 15 is 0 Å². The van der Waals surface area contributed by atoms with E-state index in [1.807, 2.05) is 6.92 Å². The Morgan fingerprint density at radius 2 is 2.22 bits per heavy atom. The van der Waals surface area contributed by atoms with Crippen LogP contribution in [0.4, 0.5) is 0 Å². The van der Waals surface area contributed by atoms with E-state index in [1.54, 1.807) is 24.3 Å². The Morgan fingerprint density at radius 3 is 2.78 bits per heavy atom. The lowest BCUT2D eigenvalue weighted by molar-refractivity contribution is -0.137. The molecule has 0 saturated carbocycles. The third-order valence-electron chi connectivity index (χ3n) is 2.69. The summed E-state index contributed by atoms with van der Waals surface area (Å²) in [6, 6.07) is 6.46. The standard InChI is InChI=1S/C11H12ClNO4S/c1-2-17-9-5-3-4-8(6-9)10-7-11(14)13(10)18(12,15)16/h3-6,10H,2,7H2,1H3. The predicted molar refractivity (Wildman–Crippen MR) is 66.6 cm³/mol. The van der Waals surface area contributed by atoms with Crippen LogP contribution in [0.2, 0.25) is 0 Å². The van der Waals surface area contributed by atoms with Gasteiger partial charge in [0.15, 0.2) is 0 Å². The van der Waals surface area contributed by atoms with Gasteiger partial charge in [0, 0.05) is 10.7 Å². The number of amides is 1. The lowest BCUT2D eigenvalue weighted by atomic mass is 9.97. The molecule has 1 atom stereocenters. The van der Waals surface area contributed by atoms with Gasteiger partial charge in [0.25, 0.3) is 0 Å². The first-order chi connectivity index (χ1) is 8.43. The SMILES string of the molecule is CCOc1cccc(C2CC(=O)N2S(=O)(=O)Cl)c1. The van der Waals surface area contributed by atoms with Gasteiger partial charge in [-0.3, -0.25) is 4.79 Å². The highest BCUT2D eigenvalue weighted by atomic mass is 35.7. The zero-order valence-corrected chi connectivity index (χ0v) is 11.2. The number of ether oxygens (including phenoxy) is 1. The van der Waals surface area contributed by atoms with E-state index in [0.717, 1.165) is 0 Å². The van der Waals surface area contributed by atoms with E-state index in [4.69, 9.17) is 15.4 Å². The van der Waals surface area contributed by atoms with E-state index in [2.05, 4.69) is 0 Å². The van der Waals surface area contributed by atoms with Crippen LogP contribution in [-0.2, 0) is 14.0 Å². The van der Waals surface area contributed by atoms with Crippen molar-refractivity contribution in [2.75, 3.05) is 6.61 Å². The fraction of sp³-hybridized carbons (Fsp3) is 0.364. The van der Waals surface area contributed by atoms with Crippen molar-refractivity contribution in [3.05, 3.63) is 29.8 Å². The number of carbonyl (C=O) groups is 1. The molecule has 0 bridgehead atoms. The summed E-state index contributed by atoms with van der Waals surface area (Å²) in [5.74, 6) is 0.151. The number of carbonyl (C=O) groups excluding carboxylic acids is 1. The molecule has 1 aliphatic rings. The maximum Gasteiger partial charge on any atom is 0.324 e. The number of hydrogen-bond donors (Lipinski definition) is 0. The number of rotatable bonds is 4. The van der Waals surface area contributed by atoms with E-state index in [-0.39, 0.29) is 6.42 Å². The fourth-order valence-electron chi connectivity index (χ4n) is 1.90. The molecule has 2 rings (SSSR count). The van der Waals surface area contributed by atoms with Crippen LogP contribution < -0.4 is 4.74 Å². The van der Waals surface area contributed by atoms with Crippen LogP contribution in [0.25, 0.3) is 0 Å². The molecule has 1 amide bonds. The van der Waals surface area contributed by atoms with Crippen LogP contribution in [0.1, 0.15) is 24.9 Å². The molecule has 0 aliphatic carbocycles. The second-order valence-electron chi connectivity index (χ2n) is 3.86. The molecule has 0 spiro atoms. The molecular formula is C11H12ClNO4S.